The van der Waals surface area contributed by atoms with Gasteiger partial charge < -0.3 is 23.7 Å². The highest BCUT2D eigenvalue weighted by Gasteiger charge is 2.38. The lowest BCUT2D eigenvalue weighted by Gasteiger charge is -2.34. The van der Waals surface area contributed by atoms with E-state index in [1.807, 2.05) is 30.3 Å². The van der Waals surface area contributed by atoms with E-state index in [-0.39, 0.29) is 58.0 Å². The van der Waals surface area contributed by atoms with Gasteiger partial charge in [-0.1, -0.05) is 36.8 Å². The van der Waals surface area contributed by atoms with Crippen LogP contribution in [0.5, 0.6) is 0 Å². The zero-order valence-electron chi connectivity index (χ0n) is 35.8. The average molecular weight is 794 g/mol. The first-order valence-corrected chi connectivity index (χ1v) is 19.3. The number of rotatable bonds is 22. The molecule has 0 aliphatic carbocycles. The van der Waals surface area contributed by atoms with Crippen molar-refractivity contribution in [1.82, 2.24) is 9.80 Å². The standard InChI is InChI=1S/C41H67N3O12/c1-38(2,3)53-34(46)26-42(27-35(47)54-39(4,5)6)23-24-43(28-36(48)55-40(7,8)9)32(37(49)56-41(10,11)12)25-31(44(50)51)21-17-14-18-22-33(45)52-29-30-19-15-13-16-20-30/h13,15-16,19-20,31-32H,14,17-18,21-29H2,1-12H3/t31?,32-/m0/s1. The maximum atomic E-state index is 13.9. The van der Waals surface area contributed by atoms with Crippen molar-refractivity contribution in [3.63, 3.8) is 0 Å². The van der Waals surface area contributed by atoms with Gasteiger partial charge in [0.25, 0.3) is 0 Å². The Bertz CT molecular complexity index is 1390. The third kappa shape index (κ3) is 24.4. The number of nitrogens with zero attached hydrogens (tertiary/aromatic N) is 3. The van der Waals surface area contributed by atoms with Crippen LogP contribution in [0.15, 0.2) is 30.3 Å². The van der Waals surface area contributed by atoms with Crippen molar-refractivity contribution >= 4 is 29.8 Å². The fourth-order valence-corrected chi connectivity index (χ4v) is 5.45. The first-order valence-electron chi connectivity index (χ1n) is 19.3. The fraction of sp³-hybridized carbons (Fsp3) is 0.732. The summed E-state index contributed by atoms with van der Waals surface area (Å²) in [5, 5.41) is 12.5. The molecule has 2 atom stereocenters. The van der Waals surface area contributed by atoms with Gasteiger partial charge in [-0.3, -0.25) is 43.9 Å². The third-order valence-corrected chi connectivity index (χ3v) is 7.58. The molecular formula is C41H67N3O12. The number of nitro groups is 1. The zero-order chi connectivity index (χ0) is 42.9. The Kier molecular flexibility index (Phi) is 20.1. The Balaban J connectivity index is 3.31. The molecular weight excluding hydrogens is 726 g/mol. The molecule has 1 aromatic carbocycles. The summed E-state index contributed by atoms with van der Waals surface area (Å²) in [5.74, 6) is -3.05. The molecule has 1 aromatic rings. The molecule has 15 heteroatoms. The number of carbonyl (C=O) groups is 5. The Hall–Kier alpha value is -4.11. The van der Waals surface area contributed by atoms with Crippen molar-refractivity contribution < 1.29 is 52.6 Å². The first kappa shape index (κ1) is 49.9. The molecule has 0 bridgehead atoms. The Morgan fingerprint density at radius 2 is 1.12 bits per heavy atom. The molecule has 0 heterocycles. The molecule has 0 aromatic heterocycles. The van der Waals surface area contributed by atoms with Crippen molar-refractivity contribution in [3.05, 3.63) is 46.0 Å². The summed E-state index contributed by atoms with van der Waals surface area (Å²) in [5.41, 5.74) is -2.58. The SMILES string of the molecule is CC(C)(C)OC(=O)CN(CCN(CC(=O)OC(C)(C)C)[C@@H](CC(CCCCCC(=O)OCc1ccccc1)[N+](=O)[O-])C(=O)OC(C)(C)C)CC(=O)OC(C)(C)C. The van der Waals surface area contributed by atoms with Gasteiger partial charge in [-0.05, 0) is 101 Å². The molecule has 15 nitrogen and oxygen atoms in total. The molecule has 0 radical (unpaired) electrons. The van der Waals surface area contributed by atoms with E-state index in [1.54, 1.807) is 83.1 Å². The lowest BCUT2D eigenvalue weighted by atomic mass is 9.99. The van der Waals surface area contributed by atoms with E-state index in [0.29, 0.717) is 19.3 Å². The quantitative estimate of drug-likeness (QED) is 0.0435. The molecule has 0 amide bonds. The average Bonchev–Trinajstić information content (AvgIpc) is 3.00. The van der Waals surface area contributed by atoms with Crippen LogP contribution in [0.3, 0.4) is 0 Å². The molecule has 0 fully saturated rings. The summed E-state index contributed by atoms with van der Waals surface area (Å²) in [7, 11) is 0. The molecule has 318 valence electrons. The molecule has 0 saturated heterocycles. The van der Waals surface area contributed by atoms with Crippen LogP contribution in [-0.4, -0.2) is 112 Å². The lowest BCUT2D eigenvalue weighted by molar-refractivity contribution is -0.525. The van der Waals surface area contributed by atoms with Gasteiger partial charge in [0.15, 0.2) is 0 Å². The molecule has 0 spiro atoms. The molecule has 1 unspecified atom stereocenters. The summed E-state index contributed by atoms with van der Waals surface area (Å²) in [6, 6.07) is 6.80. The van der Waals surface area contributed by atoms with Crippen molar-refractivity contribution in [3.8, 4) is 0 Å². The first-order chi connectivity index (χ1) is 25.6. The highest BCUT2D eigenvalue weighted by atomic mass is 16.6. The van der Waals surface area contributed by atoms with Gasteiger partial charge in [0, 0.05) is 37.3 Å². The number of carbonyl (C=O) groups excluding carboxylic acids is 5. The van der Waals surface area contributed by atoms with Crippen molar-refractivity contribution in [2.45, 2.75) is 163 Å². The largest absolute Gasteiger partial charge is 0.461 e. The van der Waals surface area contributed by atoms with E-state index < -0.39 is 69.8 Å². The van der Waals surface area contributed by atoms with Crippen LogP contribution in [0.4, 0.5) is 0 Å². The third-order valence-electron chi connectivity index (χ3n) is 7.58. The van der Waals surface area contributed by atoms with Crippen LogP contribution in [0, 0.1) is 10.1 Å². The van der Waals surface area contributed by atoms with Gasteiger partial charge in [0.05, 0.1) is 19.6 Å². The van der Waals surface area contributed by atoms with Crippen LogP contribution >= 0.6 is 0 Å². The normalized spacial score (nSPS) is 13.5. The summed E-state index contributed by atoms with van der Waals surface area (Å²) < 4.78 is 27.7. The maximum Gasteiger partial charge on any atom is 0.324 e. The minimum absolute atomic E-state index is 0.0376. The van der Waals surface area contributed by atoms with Crippen LogP contribution in [-0.2, 0) is 54.3 Å². The van der Waals surface area contributed by atoms with E-state index in [1.165, 1.54) is 9.80 Å². The minimum atomic E-state index is -1.28. The summed E-state index contributed by atoms with van der Waals surface area (Å²) >= 11 is 0. The van der Waals surface area contributed by atoms with E-state index >= 15 is 0 Å². The second-order valence-electron chi connectivity index (χ2n) is 17.9. The van der Waals surface area contributed by atoms with Crippen molar-refractivity contribution in [1.29, 1.82) is 0 Å². The topological polar surface area (TPSA) is 181 Å². The second-order valence-corrected chi connectivity index (χ2v) is 17.9. The molecule has 0 aliphatic heterocycles. The summed E-state index contributed by atoms with van der Waals surface area (Å²) in [4.78, 5) is 80.3. The van der Waals surface area contributed by atoms with E-state index in [0.717, 1.165) is 5.56 Å². The summed E-state index contributed by atoms with van der Waals surface area (Å²) in [6.45, 7) is 19.3. The Morgan fingerprint density at radius 1 is 0.643 bits per heavy atom. The predicted molar refractivity (Wildman–Crippen MR) is 210 cm³/mol. The molecule has 0 saturated carbocycles. The second kappa shape index (κ2) is 22.6. The van der Waals surface area contributed by atoms with Gasteiger partial charge in [-0.25, -0.2) is 0 Å². The lowest BCUT2D eigenvalue weighted by Crippen LogP contribution is -2.52. The summed E-state index contributed by atoms with van der Waals surface area (Å²) in [6.07, 6.45) is 1.31. The van der Waals surface area contributed by atoms with E-state index in [4.69, 9.17) is 23.7 Å². The molecule has 0 N–H and O–H groups in total. The fourth-order valence-electron chi connectivity index (χ4n) is 5.45. The molecule has 0 aliphatic rings. The highest BCUT2D eigenvalue weighted by molar-refractivity contribution is 5.78. The van der Waals surface area contributed by atoms with Gasteiger partial charge in [-0.2, -0.15) is 0 Å². The number of unbranched alkanes of at least 4 members (excludes halogenated alkanes) is 2. The number of hydrogen-bond donors (Lipinski definition) is 0. The maximum absolute atomic E-state index is 13.9. The number of hydrogen-bond acceptors (Lipinski definition) is 14. The highest BCUT2D eigenvalue weighted by Crippen LogP contribution is 2.21. The van der Waals surface area contributed by atoms with Gasteiger partial charge >= 0.3 is 29.8 Å². The van der Waals surface area contributed by atoms with Gasteiger partial charge in [0.2, 0.25) is 6.04 Å². The van der Waals surface area contributed by atoms with Crippen LogP contribution in [0.25, 0.3) is 0 Å². The molecule has 56 heavy (non-hydrogen) atoms. The van der Waals surface area contributed by atoms with Crippen molar-refractivity contribution in [2.24, 2.45) is 0 Å². The Morgan fingerprint density at radius 3 is 1.59 bits per heavy atom. The predicted octanol–water partition coefficient (Wildman–Crippen LogP) is 6.06. The monoisotopic (exact) mass is 793 g/mol. The van der Waals surface area contributed by atoms with Crippen LogP contribution < -0.4 is 0 Å². The number of ether oxygens (including phenoxy) is 5. The minimum Gasteiger partial charge on any atom is -0.461 e. The number of esters is 5. The molecule has 1 rings (SSSR count). The van der Waals surface area contributed by atoms with Crippen LogP contribution in [0.1, 0.15) is 127 Å². The Labute approximate surface area is 333 Å². The van der Waals surface area contributed by atoms with Crippen molar-refractivity contribution in [2.75, 3.05) is 32.7 Å². The van der Waals surface area contributed by atoms with Gasteiger partial charge in [0.1, 0.15) is 35.1 Å². The van der Waals surface area contributed by atoms with Gasteiger partial charge in [-0.15, -0.1) is 0 Å². The van der Waals surface area contributed by atoms with Crippen LogP contribution in [0.2, 0.25) is 0 Å². The zero-order valence-corrected chi connectivity index (χ0v) is 35.8. The van der Waals surface area contributed by atoms with E-state index in [9.17, 15) is 34.1 Å². The van der Waals surface area contributed by atoms with E-state index in [2.05, 4.69) is 0 Å². The number of benzene rings is 1. The smallest absolute Gasteiger partial charge is 0.324 e.